The molecule has 2 aliphatic heterocycles. The summed E-state index contributed by atoms with van der Waals surface area (Å²) in [6, 6.07) is 17.8. The molecule has 0 aliphatic carbocycles. The van der Waals surface area contributed by atoms with Crippen molar-refractivity contribution < 1.29 is 17.3 Å². The fraction of sp³-hybridized carbons (Fsp3) is 0.333. The second kappa shape index (κ2) is 9.18. The number of fused-ring (bicyclic) bond motifs is 2. The maximum Gasteiger partial charge on any atom is 0.673 e. The molecular weight excluding hydrogens is 426 g/mol. The molecule has 2 heterocycles. The van der Waals surface area contributed by atoms with Crippen molar-refractivity contribution in [3.05, 3.63) is 48.5 Å². The van der Waals surface area contributed by atoms with Gasteiger partial charge in [0, 0.05) is 22.9 Å². The van der Waals surface area contributed by atoms with Crippen LogP contribution in [0.4, 0.5) is 28.6 Å². The van der Waals surface area contributed by atoms with E-state index in [1.54, 1.807) is 0 Å². The van der Waals surface area contributed by atoms with E-state index >= 15 is 0 Å². The van der Waals surface area contributed by atoms with Gasteiger partial charge in [-0.1, -0.05) is 47.8 Å². The van der Waals surface area contributed by atoms with Crippen LogP contribution >= 0.6 is 32.1 Å². The Labute approximate surface area is 173 Å². The van der Waals surface area contributed by atoms with Gasteiger partial charge in [-0.05, 0) is 38.1 Å². The maximum absolute atomic E-state index is 9.75. The van der Waals surface area contributed by atoms with Gasteiger partial charge in [-0.3, -0.25) is 0 Å². The first-order valence-corrected chi connectivity index (χ1v) is 12.2. The van der Waals surface area contributed by atoms with Gasteiger partial charge in [0.2, 0.25) is 0 Å². The van der Waals surface area contributed by atoms with Crippen molar-refractivity contribution in [2.24, 2.45) is 0 Å². The molecule has 0 fully saturated rings. The molecule has 0 amide bonds. The van der Waals surface area contributed by atoms with E-state index in [-0.39, 0.29) is 0 Å². The van der Waals surface area contributed by atoms with Crippen LogP contribution in [0.15, 0.2) is 58.3 Å². The van der Waals surface area contributed by atoms with Gasteiger partial charge in [0.1, 0.15) is 0 Å². The molecule has 0 spiro atoms. The Kier molecular flexibility index (Phi) is 7.10. The van der Waals surface area contributed by atoms with Gasteiger partial charge < -0.3 is 27.1 Å². The maximum atomic E-state index is 9.75. The van der Waals surface area contributed by atoms with Crippen molar-refractivity contribution in [1.82, 2.24) is 0 Å². The van der Waals surface area contributed by atoms with E-state index < -0.39 is 7.25 Å². The minimum Gasteiger partial charge on any atom is -0.418 e. The lowest BCUT2D eigenvalue weighted by Gasteiger charge is -2.26. The minimum atomic E-state index is -6.00. The van der Waals surface area contributed by atoms with E-state index in [9.17, 15) is 17.3 Å². The van der Waals surface area contributed by atoms with E-state index in [1.165, 1.54) is 21.2 Å². The first kappa shape index (κ1) is 21.7. The number of nitrogens with zero attached hydrogens (tertiary/aromatic N) is 2. The molecule has 2 aliphatic rings. The first-order chi connectivity index (χ1) is 13.3. The van der Waals surface area contributed by atoms with Crippen molar-refractivity contribution in [2.45, 2.75) is 33.9 Å². The van der Waals surface area contributed by atoms with Crippen molar-refractivity contribution in [1.29, 1.82) is 0 Å². The SMILES string of the molecule is CCN1c2ccccc2SC1[PH2+]C1Sc2ccccc2N1CC.F[B-](F)(F)F. The first-order valence-electron chi connectivity index (χ1n) is 9.08. The Morgan fingerprint density at radius 2 is 1.14 bits per heavy atom. The van der Waals surface area contributed by atoms with Crippen molar-refractivity contribution in [2.75, 3.05) is 22.9 Å². The molecule has 152 valence electrons. The number of hydrogen-bond acceptors (Lipinski definition) is 4. The molecule has 0 radical (unpaired) electrons. The topological polar surface area (TPSA) is 6.48 Å². The molecule has 0 saturated heterocycles. The van der Waals surface area contributed by atoms with Gasteiger partial charge in [-0.25, -0.2) is 0 Å². The number of para-hydroxylation sites is 2. The number of rotatable bonds is 4. The van der Waals surface area contributed by atoms with Crippen molar-refractivity contribution in [3.8, 4) is 0 Å². The second-order valence-corrected chi connectivity index (χ2v) is 11.1. The van der Waals surface area contributed by atoms with E-state index in [1.807, 2.05) is 0 Å². The van der Waals surface area contributed by atoms with Crippen LogP contribution in [-0.2, 0) is 0 Å². The quantitative estimate of drug-likeness (QED) is 0.298. The smallest absolute Gasteiger partial charge is 0.418 e. The molecule has 0 aromatic heterocycles. The molecule has 28 heavy (non-hydrogen) atoms. The summed E-state index contributed by atoms with van der Waals surface area (Å²) >= 11 is 4.14. The van der Waals surface area contributed by atoms with Crippen molar-refractivity contribution >= 4 is 50.7 Å². The van der Waals surface area contributed by atoms with E-state index in [2.05, 4.69) is 95.7 Å². The molecule has 2 atom stereocenters. The summed E-state index contributed by atoms with van der Waals surface area (Å²) in [5, 5.41) is 1.25. The molecule has 2 aromatic rings. The van der Waals surface area contributed by atoms with Gasteiger partial charge in [-0.15, -0.1) is 0 Å². The highest BCUT2D eigenvalue weighted by Crippen LogP contribution is 2.57. The summed E-state index contributed by atoms with van der Waals surface area (Å²) in [5.41, 5.74) is 2.86. The molecule has 0 bridgehead atoms. The third kappa shape index (κ3) is 5.11. The standard InChI is InChI=1S/C18H21N2PS2.BF4/c1-3-19-13-9-5-7-11-15(13)22-17(19)21-18-20(4-2)14-10-6-8-12-16(14)23-18;2-1(3,4)5/h5-12,17-18,21H,3-4H2,1-2H3;/q;-1/p+1. The Morgan fingerprint density at radius 3 is 1.50 bits per heavy atom. The molecule has 0 saturated carbocycles. The summed E-state index contributed by atoms with van der Waals surface area (Å²) in [4.78, 5) is 8.12. The monoisotopic (exact) mass is 448 g/mol. The van der Waals surface area contributed by atoms with Gasteiger partial charge in [0.15, 0.2) is 10.2 Å². The minimum absolute atomic E-state index is 0.291. The van der Waals surface area contributed by atoms with Gasteiger partial charge in [0.25, 0.3) is 0 Å². The lowest BCUT2D eigenvalue weighted by molar-refractivity contribution is 0.368. The summed E-state index contributed by atoms with van der Waals surface area (Å²) in [7, 11) is -5.71. The van der Waals surface area contributed by atoms with Gasteiger partial charge in [-0.2, -0.15) is 0 Å². The van der Waals surface area contributed by atoms with Crippen LogP contribution in [0.3, 0.4) is 0 Å². The van der Waals surface area contributed by atoms with Crippen LogP contribution in [0, 0.1) is 0 Å². The van der Waals surface area contributed by atoms with E-state index in [0.717, 1.165) is 13.1 Å². The van der Waals surface area contributed by atoms with Gasteiger partial charge in [0.05, 0.1) is 20.0 Å². The van der Waals surface area contributed by atoms with Crippen LogP contribution in [-0.4, -0.2) is 30.6 Å². The lowest BCUT2D eigenvalue weighted by atomic mass is 10.3. The molecule has 2 aromatic carbocycles. The normalized spacial score (nSPS) is 20.9. The Morgan fingerprint density at radius 1 is 0.786 bits per heavy atom. The molecule has 2 unspecified atom stereocenters. The fourth-order valence-electron chi connectivity index (χ4n) is 3.38. The zero-order valence-corrected chi connectivity index (χ0v) is 18.4. The average Bonchev–Trinajstić information content (AvgIpc) is 3.17. The molecule has 10 heteroatoms. The highest BCUT2D eigenvalue weighted by molar-refractivity contribution is 8.09. The highest BCUT2D eigenvalue weighted by Gasteiger charge is 2.40. The number of benzene rings is 2. The van der Waals surface area contributed by atoms with Crippen LogP contribution < -0.4 is 9.80 Å². The number of anilines is 2. The zero-order chi connectivity index (χ0) is 20.3. The Hall–Kier alpha value is -1.05. The molecule has 0 N–H and O–H groups in total. The Bertz CT molecular complexity index is 746. The lowest BCUT2D eigenvalue weighted by Crippen LogP contribution is -2.31. The predicted molar refractivity (Wildman–Crippen MR) is 118 cm³/mol. The fourth-order valence-corrected chi connectivity index (χ4v) is 9.74. The number of thioether (sulfide) groups is 2. The van der Waals surface area contributed by atoms with Gasteiger partial charge >= 0.3 is 7.25 Å². The third-order valence-corrected chi connectivity index (χ3v) is 9.80. The van der Waals surface area contributed by atoms with E-state index in [4.69, 9.17) is 0 Å². The number of hydrogen-bond donors (Lipinski definition) is 0. The summed E-state index contributed by atoms with van der Waals surface area (Å²) in [6.45, 7) is 6.75. The van der Waals surface area contributed by atoms with Crippen LogP contribution in [0.25, 0.3) is 0 Å². The average molecular weight is 448 g/mol. The highest BCUT2D eigenvalue weighted by atomic mass is 32.2. The van der Waals surface area contributed by atoms with Crippen molar-refractivity contribution in [3.63, 3.8) is 0 Å². The summed E-state index contributed by atoms with van der Waals surface area (Å²) in [6.07, 6.45) is 0. The molecular formula is C18H22BF4N2PS2. The van der Waals surface area contributed by atoms with Crippen LogP contribution in [0.5, 0.6) is 0 Å². The molecule has 4 rings (SSSR count). The third-order valence-electron chi connectivity index (χ3n) is 4.47. The largest absolute Gasteiger partial charge is 0.673 e. The predicted octanol–water partition coefficient (Wildman–Crippen LogP) is 6.53. The summed E-state index contributed by atoms with van der Waals surface area (Å²) < 4.78 is 39.0. The van der Waals surface area contributed by atoms with Crippen LogP contribution in [0.1, 0.15) is 13.8 Å². The number of halogens is 4. The second-order valence-electron chi connectivity index (χ2n) is 6.21. The zero-order valence-electron chi connectivity index (χ0n) is 15.6. The molecule has 2 nitrogen and oxygen atoms in total. The van der Waals surface area contributed by atoms with E-state index in [0.29, 0.717) is 18.8 Å². The van der Waals surface area contributed by atoms with Crippen LogP contribution in [0.2, 0.25) is 0 Å². The Balaban J connectivity index is 0.000000403. The summed E-state index contributed by atoms with van der Waals surface area (Å²) in [5.74, 6) is 0.